The molecule has 3 aliphatic rings. The first kappa shape index (κ1) is 40.9. The zero-order valence-electron chi connectivity index (χ0n) is 40.4. The third kappa shape index (κ3) is 5.32. The van der Waals surface area contributed by atoms with Crippen LogP contribution in [0.25, 0.3) is 92.2 Å². The van der Waals surface area contributed by atoms with Gasteiger partial charge in [-0.2, -0.15) is 0 Å². The summed E-state index contributed by atoms with van der Waals surface area (Å²) in [5.41, 5.74) is 24.3. The summed E-state index contributed by atoms with van der Waals surface area (Å²) in [6.45, 7) is 4.84. The Morgan fingerprint density at radius 2 is 0.986 bits per heavy atom. The van der Waals surface area contributed by atoms with Crippen LogP contribution in [-0.4, -0.2) is 4.57 Å². The fraction of sp³-hybridized carbons (Fsp3) is 0.0571. The highest BCUT2D eigenvalue weighted by Crippen LogP contribution is 2.67. The number of hydrogen-bond acceptors (Lipinski definition) is 2. The number of fused-ring (bicyclic) bond motifs is 15. The zero-order valence-corrected chi connectivity index (χ0v) is 41.2. The van der Waals surface area contributed by atoms with Crippen LogP contribution >= 0.6 is 11.3 Å². The van der Waals surface area contributed by atoms with Gasteiger partial charge in [0.05, 0.1) is 33.5 Å². The molecule has 342 valence electrons. The van der Waals surface area contributed by atoms with Crippen molar-refractivity contribution in [2.24, 2.45) is 0 Å². The zero-order chi connectivity index (χ0) is 48.2. The summed E-state index contributed by atoms with van der Waals surface area (Å²) in [7, 11) is 0. The van der Waals surface area contributed by atoms with Crippen LogP contribution in [0.4, 0.5) is 17.1 Å². The Kier molecular flexibility index (Phi) is 8.35. The van der Waals surface area contributed by atoms with Gasteiger partial charge in [-0.15, -0.1) is 11.3 Å². The lowest BCUT2D eigenvalue weighted by molar-refractivity contribution is 0.563. The van der Waals surface area contributed by atoms with Crippen LogP contribution in [0, 0.1) is 0 Å². The van der Waals surface area contributed by atoms with E-state index in [1.54, 1.807) is 0 Å². The lowest BCUT2D eigenvalue weighted by atomic mass is 9.55. The normalized spacial score (nSPS) is 14.1. The molecule has 0 N–H and O–H groups in total. The molecule has 1 aliphatic heterocycles. The first-order valence-corrected chi connectivity index (χ1v) is 26.3. The summed E-state index contributed by atoms with van der Waals surface area (Å²) in [4.78, 5) is 2.62. The molecule has 2 aromatic heterocycles. The molecule has 73 heavy (non-hydrogen) atoms. The Balaban J connectivity index is 1.10. The number of rotatable bonds is 5. The molecule has 11 aromatic carbocycles. The summed E-state index contributed by atoms with van der Waals surface area (Å²) in [6.07, 6.45) is 0. The van der Waals surface area contributed by atoms with E-state index < -0.39 is 5.41 Å². The smallest absolute Gasteiger partial charge is 0.0720 e. The van der Waals surface area contributed by atoms with E-state index in [0.717, 1.165) is 17.1 Å². The molecule has 3 heteroatoms. The minimum absolute atomic E-state index is 0.214. The van der Waals surface area contributed by atoms with Crippen molar-refractivity contribution in [3.63, 3.8) is 0 Å². The molecule has 13 aromatic rings. The average Bonchev–Trinajstić information content (AvgIpc) is 4.13. The molecule has 0 saturated carbocycles. The molecule has 0 radical (unpaired) electrons. The van der Waals surface area contributed by atoms with E-state index in [9.17, 15) is 0 Å². The third-order valence-electron chi connectivity index (χ3n) is 16.8. The second kappa shape index (κ2) is 14.9. The van der Waals surface area contributed by atoms with Gasteiger partial charge in [-0.25, -0.2) is 0 Å². The maximum Gasteiger partial charge on any atom is 0.0720 e. The number of para-hydroxylation sites is 2. The van der Waals surface area contributed by atoms with Gasteiger partial charge in [0, 0.05) is 58.7 Å². The van der Waals surface area contributed by atoms with Crippen LogP contribution in [0.1, 0.15) is 47.2 Å². The van der Waals surface area contributed by atoms with Gasteiger partial charge in [0.2, 0.25) is 0 Å². The third-order valence-corrected chi connectivity index (χ3v) is 17.9. The van der Waals surface area contributed by atoms with Crippen LogP contribution in [0.5, 0.6) is 0 Å². The molecular weight excluding hydrogens is 901 g/mol. The Morgan fingerprint density at radius 1 is 0.384 bits per heavy atom. The quantitative estimate of drug-likeness (QED) is 0.167. The van der Waals surface area contributed by atoms with Crippen molar-refractivity contribution < 1.29 is 0 Å². The molecular formula is C70H46N2S. The standard InChI is InChI=1S/C70H46N2S/c1-69(2)52-27-12-14-29-54(52)70(55-30-15-13-28-53(55)69)56-40-41-61(65-49-25-10-17-32-59(49)72-58-31-16-9-24-47(58)48-38-39-57(70)67(66(56)65)68(48)72)71(60-33-19-35-63-64(60)50-26-11-18-34-62(50)73-63)45-36-37-46(43-20-5-3-6-21-43)51(42-45)44-22-7-4-8-23-44/h3-42H,1-2H3. The molecule has 2 aliphatic carbocycles. The maximum atomic E-state index is 2.62. The number of hydrogen-bond donors (Lipinski definition) is 0. The molecule has 0 fully saturated rings. The summed E-state index contributed by atoms with van der Waals surface area (Å²) in [5.74, 6) is 0. The number of nitrogens with zero attached hydrogens (tertiary/aromatic N) is 2. The molecule has 2 nitrogen and oxygen atoms in total. The van der Waals surface area contributed by atoms with Crippen LogP contribution in [0.2, 0.25) is 0 Å². The van der Waals surface area contributed by atoms with Gasteiger partial charge in [-0.3, -0.25) is 0 Å². The number of anilines is 3. The van der Waals surface area contributed by atoms with Gasteiger partial charge in [-0.05, 0) is 110 Å². The van der Waals surface area contributed by atoms with Crippen molar-refractivity contribution in [1.29, 1.82) is 0 Å². The second-order valence-electron chi connectivity index (χ2n) is 20.6. The van der Waals surface area contributed by atoms with Crippen molar-refractivity contribution in [2.75, 3.05) is 4.90 Å². The monoisotopic (exact) mass is 946 g/mol. The van der Waals surface area contributed by atoms with Crippen molar-refractivity contribution in [3.05, 3.63) is 276 Å². The van der Waals surface area contributed by atoms with E-state index in [1.165, 1.54) is 126 Å². The molecule has 3 heterocycles. The van der Waals surface area contributed by atoms with Gasteiger partial charge in [-0.1, -0.05) is 208 Å². The highest BCUT2D eigenvalue weighted by Gasteiger charge is 2.55. The molecule has 0 amide bonds. The molecule has 0 atom stereocenters. The predicted octanol–water partition coefficient (Wildman–Crippen LogP) is 18.9. The molecule has 16 rings (SSSR count). The lowest BCUT2D eigenvalue weighted by Gasteiger charge is -2.46. The Bertz CT molecular complexity index is 4430. The lowest BCUT2D eigenvalue weighted by Crippen LogP contribution is -2.40. The van der Waals surface area contributed by atoms with Crippen LogP contribution < -0.4 is 4.90 Å². The van der Waals surface area contributed by atoms with Crippen LogP contribution in [0.15, 0.2) is 243 Å². The van der Waals surface area contributed by atoms with Gasteiger partial charge in [0.15, 0.2) is 0 Å². The van der Waals surface area contributed by atoms with Gasteiger partial charge >= 0.3 is 0 Å². The van der Waals surface area contributed by atoms with Crippen LogP contribution in [0.3, 0.4) is 0 Å². The fourth-order valence-electron chi connectivity index (χ4n) is 13.8. The van der Waals surface area contributed by atoms with E-state index in [1.807, 2.05) is 11.3 Å². The topological polar surface area (TPSA) is 8.17 Å². The number of thiophene rings is 1. The van der Waals surface area contributed by atoms with E-state index in [2.05, 4.69) is 266 Å². The van der Waals surface area contributed by atoms with Crippen molar-refractivity contribution >= 4 is 70.4 Å². The summed E-state index contributed by atoms with van der Waals surface area (Å²) in [6, 6.07) is 91.8. The molecule has 1 spiro atoms. The second-order valence-corrected chi connectivity index (χ2v) is 21.7. The average molecular weight is 947 g/mol. The van der Waals surface area contributed by atoms with E-state index in [4.69, 9.17) is 0 Å². The minimum Gasteiger partial charge on any atom is -0.309 e. The molecule has 0 unspecified atom stereocenters. The van der Waals surface area contributed by atoms with Crippen molar-refractivity contribution in [2.45, 2.75) is 24.7 Å². The van der Waals surface area contributed by atoms with E-state index in [-0.39, 0.29) is 5.41 Å². The fourth-order valence-corrected chi connectivity index (χ4v) is 15.0. The van der Waals surface area contributed by atoms with E-state index >= 15 is 0 Å². The van der Waals surface area contributed by atoms with Gasteiger partial charge in [0.1, 0.15) is 0 Å². The Morgan fingerprint density at radius 3 is 1.75 bits per heavy atom. The van der Waals surface area contributed by atoms with Crippen molar-refractivity contribution in [1.82, 2.24) is 4.57 Å². The largest absolute Gasteiger partial charge is 0.309 e. The molecule has 0 bridgehead atoms. The predicted molar refractivity (Wildman–Crippen MR) is 308 cm³/mol. The minimum atomic E-state index is -0.589. The Hall–Kier alpha value is -8.76. The van der Waals surface area contributed by atoms with Crippen molar-refractivity contribution in [3.8, 4) is 50.2 Å². The highest BCUT2D eigenvalue weighted by molar-refractivity contribution is 7.26. The first-order chi connectivity index (χ1) is 36.0. The number of aromatic nitrogens is 1. The summed E-state index contributed by atoms with van der Waals surface area (Å²) in [5, 5.41) is 5.08. The molecule has 0 saturated heterocycles. The van der Waals surface area contributed by atoms with Crippen LogP contribution in [-0.2, 0) is 10.8 Å². The number of benzene rings is 11. The maximum absolute atomic E-state index is 2.62. The van der Waals surface area contributed by atoms with Gasteiger partial charge in [0.25, 0.3) is 0 Å². The summed E-state index contributed by atoms with van der Waals surface area (Å²) >= 11 is 1.88. The Labute approximate surface area is 428 Å². The van der Waals surface area contributed by atoms with Gasteiger partial charge < -0.3 is 9.47 Å². The summed E-state index contributed by atoms with van der Waals surface area (Å²) < 4.78 is 5.16. The highest BCUT2D eigenvalue weighted by atomic mass is 32.1. The SMILES string of the molecule is CC1(C)c2ccccc2C2(c3ccccc31)c1ccc(N(c3ccc(-c4ccccc4)c(-c4ccccc4)c3)c3cccc4sc5ccccc5c34)c3c1-c1c2ccc2c4ccccc4n(c12)-c1ccccc1-3. The van der Waals surface area contributed by atoms with E-state index in [0.29, 0.717) is 0 Å². The first-order valence-electron chi connectivity index (χ1n) is 25.5.